The SMILES string of the molecule is C=C(C=O)COC(=O)NCC(=O)OC(C)C(/C=C1/c2nc3ccc(O)cc3c(CC)c2CN1C)=C(/C=O)COC=O.CC.CC.CC.Cc1cc(N)nc(-c2c(Cl)cc3c(N4CCN(C)C[C@@H]4C)nc(OC(C)[C@@H]4CCCN4C)nc3c2F)c1C(F)(F)F. The second kappa shape index (κ2) is 33.4. The van der Waals surface area contributed by atoms with E-state index in [4.69, 9.17) is 46.3 Å². The van der Waals surface area contributed by atoms with Crippen molar-refractivity contribution < 1.29 is 65.6 Å². The molecule has 25 heteroatoms. The molecule has 4 N–H and O–H groups in total. The number of aldehydes is 2. The summed E-state index contributed by atoms with van der Waals surface area (Å²) in [7, 11) is 5.88. The molecule has 0 radical (unpaired) electrons. The molecule has 1 amide bonds. The van der Waals surface area contributed by atoms with Gasteiger partial charge in [-0.05, 0) is 115 Å². The zero-order chi connectivity index (χ0) is 65.9. The van der Waals surface area contributed by atoms with Crippen molar-refractivity contribution in [3.8, 4) is 23.0 Å². The molecule has 0 spiro atoms. The maximum atomic E-state index is 16.5. The number of nitrogens with one attached hydrogen (secondary N) is 1. The Balaban J connectivity index is 0.000000347. The van der Waals surface area contributed by atoms with E-state index in [1.54, 1.807) is 24.3 Å². The van der Waals surface area contributed by atoms with Gasteiger partial charge in [0, 0.05) is 78.4 Å². The van der Waals surface area contributed by atoms with Crippen LogP contribution in [0.3, 0.4) is 0 Å². The number of carbonyl (C=O) groups excluding carboxylic acids is 5. The number of alkyl halides is 3. The molecule has 0 aliphatic carbocycles. The topological polar surface area (TPSA) is 245 Å². The van der Waals surface area contributed by atoms with Gasteiger partial charge < -0.3 is 49.8 Å². The molecule has 2 unspecified atom stereocenters. The molecule has 2 aromatic carbocycles. The number of aromatic nitrogens is 4. The molecule has 3 aromatic heterocycles. The number of carbonyl (C=O) groups is 5. The van der Waals surface area contributed by atoms with E-state index in [1.165, 1.54) is 19.9 Å². The number of aryl methyl sites for hydroxylation is 2. The molecule has 0 bridgehead atoms. The van der Waals surface area contributed by atoms with Crippen molar-refractivity contribution >= 4 is 81.8 Å². The van der Waals surface area contributed by atoms with Gasteiger partial charge in [0.2, 0.25) is 0 Å². The number of likely N-dealkylation sites (tertiary alicyclic amines) is 1. The van der Waals surface area contributed by atoms with Crippen LogP contribution in [-0.2, 0) is 52.5 Å². The number of rotatable bonds is 18. The van der Waals surface area contributed by atoms with E-state index >= 15 is 4.39 Å². The zero-order valence-corrected chi connectivity index (χ0v) is 53.4. The molecule has 0 saturated carbocycles. The van der Waals surface area contributed by atoms with E-state index in [9.17, 15) is 42.3 Å². The number of nitrogens with two attached hydrogens (primary N) is 1. The molecular weight excluding hydrogens is 1170 g/mol. The minimum absolute atomic E-state index is 0.00896. The van der Waals surface area contributed by atoms with Crippen LogP contribution in [0.4, 0.5) is 34.0 Å². The van der Waals surface area contributed by atoms with E-state index in [-0.39, 0.29) is 93.7 Å². The number of halogens is 5. The Bertz CT molecular complexity index is 3370. The molecule has 8 rings (SSSR count). The van der Waals surface area contributed by atoms with Gasteiger partial charge in [-0.3, -0.25) is 24.1 Å². The van der Waals surface area contributed by atoms with Gasteiger partial charge in [0.15, 0.2) is 5.82 Å². The zero-order valence-electron chi connectivity index (χ0n) is 52.7. The van der Waals surface area contributed by atoms with Gasteiger partial charge in [0.25, 0.3) is 6.47 Å². The predicted molar refractivity (Wildman–Crippen MR) is 333 cm³/mol. The van der Waals surface area contributed by atoms with Gasteiger partial charge in [0.1, 0.15) is 67.4 Å². The van der Waals surface area contributed by atoms with Crippen molar-refractivity contribution in [2.24, 2.45) is 0 Å². The Kier molecular flexibility index (Phi) is 27.5. The molecule has 20 nitrogen and oxygen atoms in total. The summed E-state index contributed by atoms with van der Waals surface area (Å²) in [6.07, 6.45) is -1.82. The van der Waals surface area contributed by atoms with Gasteiger partial charge >= 0.3 is 24.2 Å². The van der Waals surface area contributed by atoms with E-state index in [0.717, 1.165) is 55.1 Å². The number of aromatic hydroxyl groups is 1. The number of esters is 1. The molecular formula is C63H83ClF4N10O10. The number of pyridine rings is 2. The van der Waals surface area contributed by atoms with Crippen LogP contribution in [0, 0.1) is 12.7 Å². The van der Waals surface area contributed by atoms with Crippen LogP contribution >= 0.6 is 11.6 Å². The number of benzene rings is 2. The number of anilines is 2. The average Bonchev–Trinajstić information content (AvgIpc) is 1.12. The van der Waals surface area contributed by atoms with Crippen LogP contribution in [0.5, 0.6) is 11.8 Å². The second-order valence-electron chi connectivity index (χ2n) is 20.4. The number of alkyl carbamates (subject to hydrolysis) is 1. The Morgan fingerprint density at radius 1 is 0.943 bits per heavy atom. The number of hydrogen-bond acceptors (Lipinski definition) is 19. The first-order chi connectivity index (χ1) is 41.9. The number of nitrogen functional groups attached to an aromatic ring is 1. The van der Waals surface area contributed by atoms with Gasteiger partial charge in [0.05, 0.1) is 38.8 Å². The Hall–Kier alpha value is -7.96. The number of piperazine rings is 1. The highest BCUT2D eigenvalue weighted by Crippen LogP contribution is 2.45. The van der Waals surface area contributed by atoms with Gasteiger partial charge in [-0.2, -0.15) is 23.1 Å². The third kappa shape index (κ3) is 17.6. The predicted octanol–water partition coefficient (Wildman–Crippen LogP) is 10.8. The Morgan fingerprint density at radius 2 is 1.64 bits per heavy atom. The van der Waals surface area contributed by atoms with Crippen LogP contribution in [-0.4, -0.2) is 162 Å². The van der Waals surface area contributed by atoms with Crippen LogP contribution in [0.15, 0.2) is 59.7 Å². The van der Waals surface area contributed by atoms with E-state index in [0.29, 0.717) is 54.8 Å². The highest BCUT2D eigenvalue weighted by atomic mass is 35.5. The number of hydrogen-bond donors (Lipinski definition) is 3. The monoisotopic (exact) mass is 1250 g/mol. The van der Waals surface area contributed by atoms with Crippen molar-refractivity contribution in [3.05, 3.63) is 98.5 Å². The summed E-state index contributed by atoms with van der Waals surface area (Å²) < 4.78 is 80.3. The number of phenols is 1. The van der Waals surface area contributed by atoms with Gasteiger partial charge in [-0.1, -0.05) is 66.6 Å². The number of ether oxygens (including phenoxy) is 4. The molecule has 2 fully saturated rings. The summed E-state index contributed by atoms with van der Waals surface area (Å²) in [6, 6.07) is 7.55. The fourth-order valence-electron chi connectivity index (χ4n) is 10.6. The minimum Gasteiger partial charge on any atom is -0.508 e. The number of nitrogens with zero attached hydrogens (tertiary/aromatic N) is 8. The summed E-state index contributed by atoms with van der Waals surface area (Å²) in [5, 5.41) is 13.1. The standard InChI is InChI=1S/C29H31N3O9.C28H34ClF4N7O.3C2H6/c1-5-21-23-8-20(36)6-7-25(23)31-28-24(21)11-32(4)26(28)9-22(19(13-34)15-39-16-35)18(3)41-27(37)10-30-29(38)40-14-17(2)12-33;1-14-11-20(34)35-25(22(14)28(31,32)33)21-18(29)12-17-24(23(21)30)36-27(41-16(3)19-7-6-8-39(19)5)37-26(17)40-10-9-38(4)13-15(40)2;3*1-2/h6-9,12-13,16,18,36H,2,5,10-11,14-15H2,1,3-4H3,(H,30,38);11-12,15-16,19H,6-10,13H2,1-5H3,(H2,34,35);3*1-2H3/b22-19-,26-9-;;;;/t;15-,16?,19-;;;/m.0.../s1. The number of likely N-dealkylation sites (N-methyl/N-ethyl adjacent to an activating group) is 2. The van der Waals surface area contributed by atoms with Crippen molar-refractivity contribution in [1.82, 2.24) is 40.0 Å². The minimum atomic E-state index is -4.83. The normalized spacial score (nSPS) is 17.0. The van der Waals surface area contributed by atoms with Crippen LogP contribution in [0.1, 0.15) is 110 Å². The molecule has 3 aliphatic heterocycles. The number of amides is 1. The molecule has 88 heavy (non-hydrogen) atoms. The number of fused-ring (bicyclic) bond motifs is 3. The molecule has 480 valence electrons. The summed E-state index contributed by atoms with van der Waals surface area (Å²) in [4.78, 5) is 83.9. The van der Waals surface area contributed by atoms with Crippen LogP contribution < -0.4 is 20.7 Å². The average molecular weight is 1250 g/mol. The fourth-order valence-corrected chi connectivity index (χ4v) is 10.8. The lowest BCUT2D eigenvalue weighted by atomic mass is 9.97. The Labute approximate surface area is 517 Å². The van der Waals surface area contributed by atoms with Crippen LogP contribution in [0.25, 0.3) is 38.8 Å². The quantitative estimate of drug-likeness (QED) is 0.0243. The second-order valence-corrected chi connectivity index (χ2v) is 20.8. The third-order valence-corrected chi connectivity index (χ3v) is 14.8. The summed E-state index contributed by atoms with van der Waals surface area (Å²) >= 11 is 6.56. The lowest BCUT2D eigenvalue weighted by Gasteiger charge is -2.39. The largest absolute Gasteiger partial charge is 0.508 e. The van der Waals surface area contributed by atoms with Crippen molar-refractivity contribution in [2.45, 2.75) is 132 Å². The molecule has 4 atom stereocenters. The lowest BCUT2D eigenvalue weighted by molar-refractivity contribution is -0.145. The van der Waals surface area contributed by atoms with E-state index in [2.05, 4.69) is 31.7 Å². The lowest BCUT2D eigenvalue weighted by Crippen LogP contribution is -2.51. The first-order valence-corrected chi connectivity index (χ1v) is 29.7. The maximum absolute atomic E-state index is 16.5. The first-order valence-electron chi connectivity index (χ1n) is 29.3. The van der Waals surface area contributed by atoms with E-state index < -0.39 is 53.5 Å². The molecule has 2 saturated heterocycles. The molecule has 6 heterocycles. The highest BCUT2D eigenvalue weighted by molar-refractivity contribution is 6.34. The number of phenolic OH excluding ortho intramolecular Hbond substituents is 1. The van der Waals surface area contributed by atoms with Gasteiger partial charge in [-0.15, -0.1) is 0 Å². The fraction of sp³-hybridized carbons (Fsp3) is 0.476. The summed E-state index contributed by atoms with van der Waals surface area (Å²) in [5.41, 5.74) is 7.46. The maximum Gasteiger partial charge on any atom is 0.418 e. The third-order valence-electron chi connectivity index (χ3n) is 14.5. The van der Waals surface area contributed by atoms with Crippen molar-refractivity contribution in [1.29, 1.82) is 0 Å². The summed E-state index contributed by atoms with van der Waals surface area (Å²) in [6.45, 7) is 26.6. The smallest absolute Gasteiger partial charge is 0.418 e. The van der Waals surface area contributed by atoms with Crippen molar-refractivity contribution in [2.75, 3.05) is 77.7 Å². The van der Waals surface area contributed by atoms with Crippen molar-refractivity contribution in [3.63, 3.8) is 0 Å². The highest BCUT2D eigenvalue weighted by Gasteiger charge is 2.39. The summed E-state index contributed by atoms with van der Waals surface area (Å²) in [5.74, 6) is -1.52. The van der Waals surface area contributed by atoms with E-state index in [1.807, 2.05) is 93.3 Å². The molecule has 3 aliphatic rings. The molecule has 5 aromatic rings. The first kappa shape index (κ1) is 72.5. The Morgan fingerprint density at radius 3 is 2.24 bits per heavy atom. The van der Waals surface area contributed by atoms with Gasteiger partial charge in [-0.25, -0.2) is 19.2 Å². The van der Waals surface area contributed by atoms with Crippen LogP contribution in [0.2, 0.25) is 5.02 Å².